The van der Waals surface area contributed by atoms with Crippen molar-refractivity contribution >= 4 is 17.6 Å². The normalized spacial score (nSPS) is 16.8. The second kappa shape index (κ2) is 7.64. The van der Waals surface area contributed by atoms with E-state index in [1.165, 1.54) is 19.2 Å². The lowest BCUT2D eigenvalue weighted by atomic mass is 9.80. The molecule has 1 aliphatic rings. The van der Waals surface area contributed by atoms with Gasteiger partial charge in [-0.2, -0.15) is 5.26 Å². The van der Waals surface area contributed by atoms with Crippen LogP contribution in [0.1, 0.15) is 18.4 Å². The number of rotatable bonds is 4. The fourth-order valence-corrected chi connectivity index (χ4v) is 3.41. The van der Waals surface area contributed by atoms with Crippen molar-refractivity contribution in [2.45, 2.75) is 19.4 Å². The highest BCUT2D eigenvalue weighted by Gasteiger charge is 2.36. The maximum absolute atomic E-state index is 13.5. The van der Waals surface area contributed by atoms with Crippen LogP contribution in [-0.4, -0.2) is 22.6 Å². The van der Waals surface area contributed by atoms with Crippen LogP contribution in [0.3, 0.4) is 0 Å². The van der Waals surface area contributed by atoms with Crippen molar-refractivity contribution in [1.29, 1.82) is 5.26 Å². The molecule has 1 aromatic carbocycles. The molecule has 2 aromatic rings. The molecule has 0 aliphatic carbocycles. The van der Waals surface area contributed by atoms with Crippen molar-refractivity contribution in [3.05, 3.63) is 75.9 Å². The average molecular weight is 387 g/mol. The second-order valence-electron chi connectivity index (χ2n) is 5.99. The highest BCUT2D eigenvalue weighted by atomic mass is 35.5. The molecule has 3 rings (SSSR count). The van der Waals surface area contributed by atoms with E-state index in [0.29, 0.717) is 29.1 Å². The maximum atomic E-state index is 13.5. The van der Waals surface area contributed by atoms with Gasteiger partial charge in [-0.3, -0.25) is 0 Å². The minimum Gasteiger partial charge on any atom is -0.466 e. The van der Waals surface area contributed by atoms with E-state index in [2.05, 4.69) is 16.4 Å². The van der Waals surface area contributed by atoms with Crippen molar-refractivity contribution in [1.82, 2.24) is 14.9 Å². The molecule has 138 valence electrons. The Morgan fingerprint density at radius 2 is 2.30 bits per heavy atom. The molecule has 1 N–H and O–H groups in total. The molecule has 0 saturated carbocycles. The lowest BCUT2D eigenvalue weighted by molar-refractivity contribution is -0.136. The monoisotopic (exact) mass is 386 g/mol. The van der Waals surface area contributed by atoms with Gasteiger partial charge in [0.2, 0.25) is 0 Å². The van der Waals surface area contributed by atoms with Crippen molar-refractivity contribution in [3.8, 4) is 6.07 Å². The fourth-order valence-electron chi connectivity index (χ4n) is 3.13. The summed E-state index contributed by atoms with van der Waals surface area (Å²) in [4.78, 5) is 16.6. The number of carbonyl (C=O) groups excluding carboxylic acids is 1. The number of hydrogen-bond acceptors (Lipinski definition) is 5. The Morgan fingerprint density at radius 3 is 2.89 bits per heavy atom. The predicted molar refractivity (Wildman–Crippen MR) is 96.9 cm³/mol. The van der Waals surface area contributed by atoms with E-state index < -0.39 is 17.7 Å². The summed E-state index contributed by atoms with van der Waals surface area (Å²) in [6.45, 7) is 2.06. The SMILES string of the molecule is COC(=O)C1=C(Cn2ccnc2)NC(C)=C(C#N)C1c1ccc(F)cc1Cl. The third kappa shape index (κ3) is 3.57. The molecule has 1 atom stereocenters. The molecule has 0 spiro atoms. The summed E-state index contributed by atoms with van der Waals surface area (Å²) < 4.78 is 20.3. The number of nitriles is 1. The quantitative estimate of drug-likeness (QED) is 0.815. The summed E-state index contributed by atoms with van der Waals surface area (Å²) in [6, 6.07) is 6.03. The number of allylic oxidation sites excluding steroid dienone is 3. The average Bonchev–Trinajstić information content (AvgIpc) is 3.14. The first-order chi connectivity index (χ1) is 13.0. The van der Waals surface area contributed by atoms with Crippen LogP contribution in [0.25, 0.3) is 0 Å². The van der Waals surface area contributed by atoms with Gasteiger partial charge in [-0.15, -0.1) is 0 Å². The number of carbonyl (C=O) groups is 1. The van der Waals surface area contributed by atoms with E-state index >= 15 is 0 Å². The van der Waals surface area contributed by atoms with Crippen LogP contribution < -0.4 is 5.32 Å². The first-order valence-corrected chi connectivity index (χ1v) is 8.44. The lowest BCUT2D eigenvalue weighted by Gasteiger charge is -2.30. The summed E-state index contributed by atoms with van der Waals surface area (Å²) in [5.41, 5.74) is 2.17. The Bertz CT molecular complexity index is 990. The molecule has 2 heterocycles. The molecule has 0 radical (unpaired) electrons. The third-order valence-corrected chi connectivity index (χ3v) is 4.67. The van der Waals surface area contributed by atoms with Gasteiger partial charge in [0.25, 0.3) is 0 Å². The molecule has 1 unspecified atom stereocenters. The Balaban J connectivity index is 2.22. The minimum atomic E-state index is -0.768. The number of methoxy groups -OCH3 is 1. The second-order valence-corrected chi connectivity index (χ2v) is 6.40. The molecule has 8 heteroatoms. The maximum Gasteiger partial charge on any atom is 0.336 e. The molecular formula is C19H16ClFN4O2. The van der Waals surface area contributed by atoms with E-state index in [1.54, 1.807) is 30.2 Å². The Labute approximate surface area is 160 Å². The smallest absolute Gasteiger partial charge is 0.336 e. The first kappa shape index (κ1) is 18.7. The van der Waals surface area contributed by atoms with Crippen molar-refractivity contribution in [2.24, 2.45) is 0 Å². The van der Waals surface area contributed by atoms with Crippen LogP contribution in [0.4, 0.5) is 4.39 Å². The lowest BCUT2D eigenvalue weighted by Crippen LogP contribution is -2.31. The van der Waals surface area contributed by atoms with Gasteiger partial charge in [0.1, 0.15) is 5.82 Å². The van der Waals surface area contributed by atoms with Gasteiger partial charge in [0.05, 0.1) is 43.1 Å². The standard InChI is InChI=1S/C19H16ClFN4O2/c1-11-14(8-22)17(13-4-3-12(21)7-15(13)20)18(19(26)27-2)16(24-11)9-25-6-5-23-10-25/h3-7,10,17,24H,9H2,1-2H3. The number of imidazole rings is 1. The van der Waals surface area contributed by atoms with Gasteiger partial charge in [-0.1, -0.05) is 17.7 Å². The van der Waals surface area contributed by atoms with Crippen molar-refractivity contribution < 1.29 is 13.9 Å². The highest BCUT2D eigenvalue weighted by Crippen LogP contribution is 2.41. The number of esters is 1. The van der Waals surface area contributed by atoms with Gasteiger partial charge in [-0.25, -0.2) is 14.2 Å². The number of nitrogens with zero attached hydrogens (tertiary/aromatic N) is 3. The number of benzene rings is 1. The zero-order chi connectivity index (χ0) is 19.6. The topological polar surface area (TPSA) is 79.9 Å². The van der Waals surface area contributed by atoms with E-state index in [1.807, 2.05) is 0 Å². The largest absolute Gasteiger partial charge is 0.466 e. The number of halogens is 2. The van der Waals surface area contributed by atoms with Gasteiger partial charge >= 0.3 is 5.97 Å². The van der Waals surface area contributed by atoms with E-state index in [-0.39, 0.29) is 10.6 Å². The van der Waals surface area contributed by atoms with Crippen LogP contribution >= 0.6 is 11.6 Å². The Kier molecular flexibility index (Phi) is 5.28. The molecule has 27 heavy (non-hydrogen) atoms. The van der Waals surface area contributed by atoms with Gasteiger partial charge in [0, 0.05) is 28.8 Å². The van der Waals surface area contributed by atoms with E-state index in [9.17, 15) is 14.4 Å². The van der Waals surface area contributed by atoms with Crippen LogP contribution in [0.5, 0.6) is 0 Å². The van der Waals surface area contributed by atoms with Crippen LogP contribution in [0, 0.1) is 17.1 Å². The summed E-state index contributed by atoms with van der Waals surface area (Å²) in [5.74, 6) is -1.86. The van der Waals surface area contributed by atoms with Crippen molar-refractivity contribution in [2.75, 3.05) is 7.11 Å². The summed E-state index contributed by atoms with van der Waals surface area (Å²) in [5, 5.41) is 13.0. The molecule has 0 bridgehead atoms. The molecule has 1 aromatic heterocycles. The molecule has 0 amide bonds. The summed E-state index contributed by atoms with van der Waals surface area (Å²) >= 11 is 6.25. The number of nitrogens with one attached hydrogen (secondary N) is 1. The number of hydrogen-bond donors (Lipinski definition) is 1. The predicted octanol–water partition coefficient (Wildman–Crippen LogP) is 3.29. The molecule has 0 saturated heterocycles. The van der Waals surface area contributed by atoms with E-state index in [4.69, 9.17) is 16.3 Å². The fraction of sp³-hybridized carbons (Fsp3) is 0.211. The Hall–Kier alpha value is -3.11. The van der Waals surface area contributed by atoms with Gasteiger partial charge in [0.15, 0.2) is 0 Å². The highest BCUT2D eigenvalue weighted by molar-refractivity contribution is 6.31. The van der Waals surface area contributed by atoms with Crippen LogP contribution in [0.15, 0.2) is 59.5 Å². The van der Waals surface area contributed by atoms with E-state index in [0.717, 1.165) is 6.07 Å². The molecule has 1 aliphatic heterocycles. The van der Waals surface area contributed by atoms with Gasteiger partial charge in [-0.05, 0) is 24.6 Å². The summed E-state index contributed by atoms with van der Waals surface area (Å²) in [6.07, 6.45) is 4.99. The van der Waals surface area contributed by atoms with Gasteiger partial charge < -0.3 is 14.6 Å². The molecular weight excluding hydrogens is 371 g/mol. The zero-order valence-electron chi connectivity index (χ0n) is 14.7. The minimum absolute atomic E-state index is 0.130. The van der Waals surface area contributed by atoms with Crippen LogP contribution in [0.2, 0.25) is 5.02 Å². The molecule has 0 fully saturated rings. The number of aromatic nitrogens is 2. The summed E-state index contributed by atoms with van der Waals surface area (Å²) in [7, 11) is 1.27. The van der Waals surface area contributed by atoms with Crippen molar-refractivity contribution in [3.63, 3.8) is 0 Å². The first-order valence-electron chi connectivity index (χ1n) is 8.06. The third-order valence-electron chi connectivity index (χ3n) is 4.34. The number of dihydropyridines is 1. The molecule has 6 nitrogen and oxygen atoms in total. The zero-order valence-corrected chi connectivity index (χ0v) is 15.4. The number of ether oxygens (including phenoxy) is 1. The van der Waals surface area contributed by atoms with Crippen LogP contribution in [-0.2, 0) is 16.1 Å². The Morgan fingerprint density at radius 1 is 1.52 bits per heavy atom.